The summed E-state index contributed by atoms with van der Waals surface area (Å²) in [6.45, 7) is 6.50. The van der Waals surface area contributed by atoms with Gasteiger partial charge in [-0.05, 0) is 50.3 Å². The van der Waals surface area contributed by atoms with E-state index in [1.807, 2.05) is 19.1 Å². The van der Waals surface area contributed by atoms with E-state index in [0.29, 0.717) is 12.5 Å². The molecule has 4 heteroatoms. The number of carbonyl (C=O) groups is 1. The van der Waals surface area contributed by atoms with Crippen molar-refractivity contribution < 1.29 is 9.90 Å². The second kappa shape index (κ2) is 7.57. The number of carbonyl (C=O) groups excluding carboxylic acids is 1. The number of benzene rings is 1. The summed E-state index contributed by atoms with van der Waals surface area (Å²) in [7, 11) is 0. The Labute approximate surface area is 127 Å². The van der Waals surface area contributed by atoms with E-state index in [9.17, 15) is 9.90 Å². The Hall–Kier alpha value is -1.39. The van der Waals surface area contributed by atoms with Crippen LogP contribution in [0, 0.1) is 12.8 Å². The minimum atomic E-state index is 0.0251. The highest BCUT2D eigenvalue weighted by molar-refractivity contribution is 5.78. The van der Waals surface area contributed by atoms with Crippen LogP contribution in [0.15, 0.2) is 24.3 Å². The zero-order valence-corrected chi connectivity index (χ0v) is 13.0. The quantitative estimate of drug-likeness (QED) is 0.870. The summed E-state index contributed by atoms with van der Waals surface area (Å²) in [5.41, 5.74) is 2.36. The number of nitrogens with zero attached hydrogens (tertiary/aromatic N) is 1. The molecule has 1 aliphatic rings. The lowest BCUT2D eigenvalue weighted by atomic mass is 9.99. The predicted molar refractivity (Wildman–Crippen MR) is 84.0 cm³/mol. The lowest BCUT2D eigenvalue weighted by Gasteiger charge is -2.31. The smallest absolute Gasteiger partial charge is 0.234 e. The molecule has 2 unspecified atom stereocenters. The Morgan fingerprint density at radius 3 is 2.95 bits per heavy atom. The third-order valence-corrected chi connectivity index (χ3v) is 4.26. The number of hydrogen-bond donors (Lipinski definition) is 2. The van der Waals surface area contributed by atoms with E-state index >= 15 is 0 Å². The van der Waals surface area contributed by atoms with E-state index < -0.39 is 0 Å². The molecule has 1 saturated heterocycles. The molecule has 1 fully saturated rings. The topological polar surface area (TPSA) is 52.6 Å². The van der Waals surface area contributed by atoms with Gasteiger partial charge in [-0.2, -0.15) is 0 Å². The molecule has 1 aromatic rings. The van der Waals surface area contributed by atoms with E-state index in [-0.39, 0.29) is 18.6 Å². The molecule has 0 saturated carbocycles. The lowest BCUT2D eigenvalue weighted by Crippen LogP contribution is -2.43. The summed E-state index contributed by atoms with van der Waals surface area (Å²) >= 11 is 0. The summed E-state index contributed by atoms with van der Waals surface area (Å²) in [6.07, 6.45) is 2.13. The van der Waals surface area contributed by atoms with Crippen LogP contribution >= 0.6 is 0 Å². The van der Waals surface area contributed by atoms with Crippen LogP contribution in [0.25, 0.3) is 0 Å². The average molecular weight is 290 g/mol. The molecule has 2 rings (SSSR count). The minimum absolute atomic E-state index is 0.0251. The van der Waals surface area contributed by atoms with E-state index in [2.05, 4.69) is 29.3 Å². The Morgan fingerprint density at radius 2 is 2.24 bits per heavy atom. The Bertz CT molecular complexity index is 476. The van der Waals surface area contributed by atoms with Gasteiger partial charge in [0.1, 0.15) is 0 Å². The molecule has 1 heterocycles. The molecule has 4 nitrogen and oxygen atoms in total. The molecule has 116 valence electrons. The van der Waals surface area contributed by atoms with E-state index in [0.717, 1.165) is 31.5 Å². The van der Waals surface area contributed by atoms with E-state index in [4.69, 9.17) is 0 Å². The van der Waals surface area contributed by atoms with Gasteiger partial charge in [-0.15, -0.1) is 0 Å². The standard InChI is InChI=1S/C17H26N2O2/c1-13-6-3-4-8-16(13)14(2)18-17(21)11-19-9-5-7-15(10-19)12-20/h3-4,6,8,14-15,20H,5,7,9-12H2,1-2H3,(H,18,21). The first kappa shape index (κ1) is 16.0. The second-order valence-corrected chi connectivity index (χ2v) is 6.07. The number of amides is 1. The highest BCUT2D eigenvalue weighted by Crippen LogP contribution is 2.18. The monoisotopic (exact) mass is 290 g/mol. The van der Waals surface area contributed by atoms with Gasteiger partial charge in [0.15, 0.2) is 0 Å². The third kappa shape index (κ3) is 4.55. The van der Waals surface area contributed by atoms with Crippen molar-refractivity contribution in [1.82, 2.24) is 10.2 Å². The maximum Gasteiger partial charge on any atom is 0.234 e. The number of piperidine rings is 1. The van der Waals surface area contributed by atoms with Gasteiger partial charge < -0.3 is 10.4 Å². The normalized spacial score (nSPS) is 21.0. The first-order valence-corrected chi connectivity index (χ1v) is 7.78. The van der Waals surface area contributed by atoms with E-state index in [1.54, 1.807) is 0 Å². The maximum absolute atomic E-state index is 12.2. The van der Waals surface area contributed by atoms with Crippen LogP contribution in [0.5, 0.6) is 0 Å². The van der Waals surface area contributed by atoms with Crippen LogP contribution in [-0.4, -0.2) is 42.2 Å². The molecule has 1 aliphatic heterocycles. The number of aliphatic hydroxyl groups is 1. The van der Waals surface area contributed by atoms with Crippen molar-refractivity contribution in [3.05, 3.63) is 35.4 Å². The highest BCUT2D eigenvalue weighted by atomic mass is 16.3. The van der Waals surface area contributed by atoms with Gasteiger partial charge >= 0.3 is 0 Å². The number of hydrogen-bond acceptors (Lipinski definition) is 3. The van der Waals surface area contributed by atoms with Crippen LogP contribution in [0.2, 0.25) is 0 Å². The van der Waals surface area contributed by atoms with Gasteiger partial charge in [-0.3, -0.25) is 9.69 Å². The molecule has 0 aromatic heterocycles. The molecule has 0 bridgehead atoms. The number of aryl methyl sites for hydroxylation is 1. The molecular formula is C17H26N2O2. The zero-order valence-electron chi connectivity index (χ0n) is 13.0. The molecule has 21 heavy (non-hydrogen) atoms. The van der Waals surface area contributed by atoms with E-state index in [1.165, 1.54) is 5.56 Å². The summed E-state index contributed by atoms with van der Waals surface area (Å²) in [5, 5.41) is 12.3. The zero-order chi connectivity index (χ0) is 15.2. The fraction of sp³-hybridized carbons (Fsp3) is 0.588. The summed E-state index contributed by atoms with van der Waals surface area (Å²) < 4.78 is 0. The number of likely N-dealkylation sites (tertiary alicyclic amines) is 1. The van der Waals surface area contributed by atoms with Gasteiger partial charge in [-0.1, -0.05) is 24.3 Å². The van der Waals surface area contributed by atoms with Crippen molar-refractivity contribution in [2.24, 2.45) is 5.92 Å². The summed E-state index contributed by atoms with van der Waals surface area (Å²) in [6, 6.07) is 8.16. The van der Waals surface area contributed by atoms with Crippen LogP contribution in [-0.2, 0) is 4.79 Å². The first-order chi connectivity index (χ1) is 10.1. The Morgan fingerprint density at radius 1 is 1.48 bits per heavy atom. The van der Waals surface area contributed by atoms with Crippen LogP contribution in [0.4, 0.5) is 0 Å². The second-order valence-electron chi connectivity index (χ2n) is 6.07. The number of nitrogens with one attached hydrogen (secondary N) is 1. The molecular weight excluding hydrogens is 264 g/mol. The summed E-state index contributed by atoms with van der Waals surface area (Å²) in [5.74, 6) is 0.379. The number of aliphatic hydroxyl groups excluding tert-OH is 1. The third-order valence-electron chi connectivity index (χ3n) is 4.26. The van der Waals surface area contributed by atoms with Gasteiger partial charge in [0.05, 0.1) is 12.6 Å². The Kier molecular flexibility index (Phi) is 5.76. The molecule has 2 atom stereocenters. The van der Waals surface area contributed by atoms with Gasteiger partial charge in [0.2, 0.25) is 5.91 Å². The number of rotatable bonds is 5. The predicted octanol–water partition coefficient (Wildman–Crippen LogP) is 1.88. The molecule has 0 aliphatic carbocycles. The molecule has 0 spiro atoms. The minimum Gasteiger partial charge on any atom is -0.396 e. The van der Waals surface area contributed by atoms with Crippen molar-refractivity contribution in [2.45, 2.75) is 32.7 Å². The van der Waals surface area contributed by atoms with Gasteiger partial charge in [0.25, 0.3) is 0 Å². The maximum atomic E-state index is 12.2. The molecule has 1 aromatic carbocycles. The van der Waals surface area contributed by atoms with Crippen LogP contribution < -0.4 is 5.32 Å². The fourth-order valence-corrected chi connectivity index (χ4v) is 3.08. The van der Waals surface area contributed by atoms with Crippen molar-refractivity contribution in [1.29, 1.82) is 0 Å². The van der Waals surface area contributed by atoms with Crippen molar-refractivity contribution >= 4 is 5.91 Å². The van der Waals surface area contributed by atoms with Crippen LogP contribution in [0.1, 0.15) is 36.9 Å². The molecule has 2 N–H and O–H groups in total. The van der Waals surface area contributed by atoms with Gasteiger partial charge in [-0.25, -0.2) is 0 Å². The van der Waals surface area contributed by atoms with Crippen molar-refractivity contribution in [3.63, 3.8) is 0 Å². The fourth-order valence-electron chi connectivity index (χ4n) is 3.08. The van der Waals surface area contributed by atoms with Gasteiger partial charge in [0, 0.05) is 13.2 Å². The average Bonchev–Trinajstić information content (AvgIpc) is 2.47. The molecule has 0 radical (unpaired) electrons. The first-order valence-electron chi connectivity index (χ1n) is 7.78. The van der Waals surface area contributed by atoms with Crippen molar-refractivity contribution in [2.75, 3.05) is 26.2 Å². The largest absolute Gasteiger partial charge is 0.396 e. The molecule has 1 amide bonds. The SMILES string of the molecule is Cc1ccccc1C(C)NC(=O)CN1CCCC(CO)C1. The summed E-state index contributed by atoms with van der Waals surface area (Å²) in [4.78, 5) is 14.3. The Balaban J connectivity index is 1.85. The van der Waals surface area contributed by atoms with Crippen LogP contribution in [0.3, 0.4) is 0 Å². The highest BCUT2D eigenvalue weighted by Gasteiger charge is 2.21. The lowest BCUT2D eigenvalue weighted by molar-refractivity contribution is -0.123. The van der Waals surface area contributed by atoms with Crippen molar-refractivity contribution in [3.8, 4) is 0 Å².